The number of ether oxygens (including phenoxy) is 1. The van der Waals surface area contributed by atoms with Crippen molar-refractivity contribution in [1.82, 2.24) is 6.15 Å². The summed E-state index contributed by atoms with van der Waals surface area (Å²) in [5.74, 6) is 0.00590. The molecule has 0 aliphatic carbocycles. The lowest BCUT2D eigenvalue weighted by atomic mass is 9.87. The largest absolute Gasteiger partial charge is 0.465 e. The maximum atomic E-state index is 12.3. The van der Waals surface area contributed by atoms with Crippen LogP contribution in [0.3, 0.4) is 0 Å². The van der Waals surface area contributed by atoms with E-state index in [9.17, 15) is 4.79 Å². The molecular weight excluding hydrogens is 358 g/mol. The van der Waals surface area contributed by atoms with Gasteiger partial charge in [-0.1, -0.05) is 123 Å². The van der Waals surface area contributed by atoms with Crippen LogP contribution in [0, 0.1) is 5.41 Å². The minimum Gasteiger partial charge on any atom is -0.465 e. The third kappa shape index (κ3) is 20.5. The van der Waals surface area contributed by atoms with Gasteiger partial charge in [-0.3, -0.25) is 4.79 Å². The van der Waals surface area contributed by atoms with Crippen LogP contribution in [0.25, 0.3) is 0 Å². The zero-order valence-electron chi connectivity index (χ0n) is 20.7. The van der Waals surface area contributed by atoms with Crippen LogP contribution in [-0.2, 0) is 9.53 Å². The van der Waals surface area contributed by atoms with E-state index in [2.05, 4.69) is 27.7 Å². The summed E-state index contributed by atoms with van der Waals surface area (Å²) in [6.07, 6.45) is 24.6. The maximum Gasteiger partial charge on any atom is 0.311 e. The first-order valence-electron chi connectivity index (χ1n) is 12.7. The summed E-state index contributed by atoms with van der Waals surface area (Å²) in [7, 11) is 0. The van der Waals surface area contributed by atoms with E-state index in [0.29, 0.717) is 6.61 Å². The predicted molar refractivity (Wildman–Crippen MR) is 129 cm³/mol. The van der Waals surface area contributed by atoms with Crippen molar-refractivity contribution in [3.8, 4) is 0 Å². The fourth-order valence-electron chi connectivity index (χ4n) is 3.75. The molecule has 0 saturated heterocycles. The van der Waals surface area contributed by atoms with Crippen molar-refractivity contribution >= 4 is 5.97 Å². The lowest BCUT2D eigenvalue weighted by Gasteiger charge is -2.22. The third-order valence-electron chi connectivity index (χ3n) is 5.94. The molecule has 0 unspecified atom stereocenters. The molecule has 0 amide bonds. The van der Waals surface area contributed by atoms with Gasteiger partial charge in [-0.25, -0.2) is 0 Å². The van der Waals surface area contributed by atoms with Crippen molar-refractivity contribution < 1.29 is 9.53 Å². The molecule has 0 aliphatic heterocycles. The van der Waals surface area contributed by atoms with E-state index in [1.54, 1.807) is 0 Å². The van der Waals surface area contributed by atoms with Crippen molar-refractivity contribution in [1.29, 1.82) is 0 Å². The second kappa shape index (κ2) is 22.1. The summed E-state index contributed by atoms with van der Waals surface area (Å²) in [5, 5.41) is 0. The summed E-state index contributed by atoms with van der Waals surface area (Å²) >= 11 is 0. The van der Waals surface area contributed by atoms with Gasteiger partial charge in [0.15, 0.2) is 0 Å². The van der Waals surface area contributed by atoms with E-state index in [0.717, 1.165) is 19.3 Å². The lowest BCUT2D eigenvalue weighted by Crippen LogP contribution is -2.27. The highest BCUT2D eigenvalue weighted by atomic mass is 16.5. The third-order valence-corrected chi connectivity index (χ3v) is 5.94. The van der Waals surface area contributed by atoms with E-state index >= 15 is 0 Å². The number of carbonyl (C=O) groups excluding carboxylic acids is 1. The van der Waals surface area contributed by atoms with Crippen molar-refractivity contribution in [3.63, 3.8) is 0 Å². The summed E-state index contributed by atoms with van der Waals surface area (Å²) < 4.78 is 5.56. The molecule has 3 heteroatoms. The number of rotatable bonds is 21. The minimum absolute atomic E-state index is 0. The van der Waals surface area contributed by atoms with Crippen LogP contribution in [0.1, 0.15) is 150 Å². The minimum atomic E-state index is -0.319. The highest BCUT2D eigenvalue weighted by Gasteiger charge is 2.28. The fourth-order valence-corrected chi connectivity index (χ4v) is 3.75. The Morgan fingerprint density at radius 2 is 0.931 bits per heavy atom. The second-order valence-corrected chi connectivity index (χ2v) is 9.43. The highest BCUT2D eigenvalue weighted by Crippen LogP contribution is 2.26. The Labute approximate surface area is 183 Å². The number of carbonyl (C=O) groups is 1. The molecule has 0 saturated carbocycles. The Kier molecular flexibility index (Phi) is 23.4. The monoisotopic (exact) mass is 413 g/mol. The molecular formula is C26H55NO2. The fraction of sp³-hybridized carbons (Fsp3) is 0.962. The average molecular weight is 414 g/mol. The zero-order valence-corrected chi connectivity index (χ0v) is 20.7. The summed E-state index contributed by atoms with van der Waals surface area (Å²) in [6.45, 7) is 9.24. The van der Waals surface area contributed by atoms with E-state index < -0.39 is 0 Å². The van der Waals surface area contributed by atoms with Gasteiger partial charge >= 0.3 is 5.97 Å². The van der Waals surface area contributed by atoms with Gasteiger partial charge in [0.1, 0.15) is 0 Å². The van der Waals surface area contributed by atoms with Crippen LogP contribution in [0.15, 0.2) is 0 Å². The molecule has 0 bridgehead atoms. The van der Waals surface area contributed by atoms with Crippen LogP contribution in [-0.4, -0.2) is 12.6 Å². The van der Waals surface area contributed by atoms with Crippen LogP contribution in [0.5, 0.6) is 0 Å². The van der Waals surface area contributed by atoms with Crippen LogP contribution < -0.4 is 6.15 Å². The summed E-state index contributed by atoms with van der Waals surface area (Å²) in [5.41, 5.74) is -0.319. The summed E-state index contributed by atoms with van der Waals surface area (Å²) in [6, 6.07) is 0. The molecule has 0 aromatic rings. The normalized spacial score (nSPS) is 11.3. The van der Waals surface area contributed by atoms with Crippen LogP contribution in [0.4, 0.5) is 0 Å². The van der Waals surface area contributed by atoms with Crippen molar-refractivity contribution in [3.05, 3.63) is 0 Å². The van der Waals surface area contributed by atoms with Gasteiger partial charge in [-0.05, 0) is 26.7 Å². The van der Waals surface area contributed by atoms with E-state index in [1.165, 1.54) is 103 Å². The van der Waals surface area contributed by atoms with Crippen molar-refractivity contribution in [2.24, 2.45) is 5.41 Å². The maximum absolute atomic E-state index is 12.3. The van der Waals surface area contributed by atoms with E-state index in [4.69, 9.17) is 4.74 Å². The Morgan fingerprint density at radius 1 is 0.586 bits per heavy atom. The molecule has 0 radical (unpaired) electrons. The van der Waals surface area contributed by atoms with Crippen molar-refractivity contribution in [2.45, 2.75) is 150 Å². The van der Waals surface area contributed by atoms with Gasteiger partial charge in [-0.15, -0.1) is 0 Å². The average Bonchev–Trinajstić information content (AvgIpc) is 2.68. The van der Waals surface area contributed by atoms with Gasteiger partial charge in [0.25, 0.3) is 0 Å². The Morgan fingerprint density at radius 3 is 1.34 bits per heavy atom. The van der Waals surface area contributed by atoms with Crippen LogP contribution in [0.2, 0.25) is 0 Å². The molecule has 0 fully saturated rings. The van der Waals surface area contributed by atoms with Gasteiger partial charge in [0.05, 0.1) is 12.0 Å². The van der Waals surface area contributed by atoms with Crippen LogP contribution >= 0.6 is 0 Å². The number of unbranched alkanes of at least 4 members (excludes halogenated alkanes) is 16. The van der Waals surface area contributed by atoms with Crippen molar-refractivity contribution in [2.75, 3.05) is 6.61 Å². The molecule has 0 heterocycles. The summed E-state index contributed by atoms with van der Waals surface area (Å²) in [4.78, 5) is 12.3. The predicted octanol–water partition coefficient (Wildman–Crippen LogP) is 9.17. The second-order valence-electron chi connectivity index (χ2n) is 9.43. The molecule has 0 spiro atoms. The van der Waals surface area contributed by atoms with Gasteiger partial charge in [-0.2, -0.15) is 0 Å². The Bertz CT molecular complexity index is 342. The van der Waals surface area contributed by atoms with Gasteiger partial charge < -0.3 is 10.9 Å². The molecule has 0 atom stereocenters. The Balaban J connectivity index is 0. The smallest absolute Gasteiger partial charge is 0.311 e. The molecule has 3 nitrogen and oxygen atoms in total. The lowest BCUT2D eigenvalue weighted by molar-refractivity contribution is -0.154. The first kappa shape index (κ1) is 30.6. The zero-order chi connectivity index (χ0) is 20.9. The molecule has 0 aliphatic rings. The number of hydrogen-bond donors (Lipinski definition) is 1. The van der Waals surface area contributed by atoms with E-state index in [1.807, 2.05) is 0 Å². The number of hydrogen-bond acceptors (Lipinski definition) is 3. The van der Waals surface area contributed by atoms with E-state index in [-0.39, 0.29) is 17.5 Å². The molecule has 29 heavy (non-hydrogen) atoms. The first-order chi connectivity index (χ1) is 13.5. The molecule has 3 N–H and O–H groups in total. The molecule has 0 aromatic carbocycles. The van der Waals surface area contributed by atoms with Gasteiger partial charge in [0, 0.05) is 0 Å². The number of esters is 1. The topological polar surface area (TPSA) is 61.3 Å². The SMILES string of the molecule is CCCCCCCCCCCCOC(=O)C(C)(C)CCCCCCCCCC.N. The van der Waals surface area contributed by atoms with Gasteiger partial charge in [0.2, 0.25) is 0 Å². The highest BCUT2D eigenvalue weighted by molar-refractivity contribution is 5.75. The Hall–Kier alpha value is -0.570. The molecule has 176 valence electrons. The molecule has 0 rings (SSSR count). The first-order valence-corrected chi connectivity index (χ1v) is 12.7. The molecule has 0 aromatic heterocycles. The standard InChI is InChI=1S/C26H52O2.H3N/c1-5-7-9-11-13-15-16-18-20-22-24-28-25(27)26(3,4)23-21-19-17-14-12-10-8-6-2;/h5-24H2,1-4H3;1H3. The quantitative estimate of drug-likeness (QED) is 0.151.